The number of aliphatic carboxylic acids is 1. The van der Waals surface area contributed by atoms with Gasteiger partial charge in [0, 0.05) is 24.7 Å². The van der Waals surface area contributed by atoms with Crippen molar-refractivity contribution in [3.05, 3.63) is 36.2 Å². The minimum atomic E-state index is -0.929. The monoisotopic (exact) mass is 289 g/mol. The van der Waals surface area contributed by atoms with E-state index in [2.05, 4.69) is 10.2 Å². The van der Waals surface area contributed by atoms with Gasteiger partial charge in [-0.2, -0.15) is 0 Å². The first-order chi connectivity index (χ1) is 9.99. The second-order valence-corrected chi connectivity index (χ2v) is 4.75. The second kappa shape index (κ2) is 6.17. The van der Waals surface area contributed by atoms with Crippen molar-refractivity contribution in [1.29, 1.82) is 0 Å². The number of nitrogens with zero attached hydrogens (tertiary/aromatic N) is 3. The zero-order valence-electron chi connectivity index (χ0n) is 11.7. The van der Waals surface area contributed by atoms with Gasteiger partial charge in [-0.15, -0.1) is 10.2 Å². The normalized spacial score (nSPS) is 11.9. The number of amides is 1. The lowest BCUT2D eigenvalue weighted by Crippen LogP contribution is -2.33. The van der Waals surface area contributed by atoms with Crippen LogP contribution in [0.15, 0.2) is 35.1 Å². The summed E-state index contributed by atoms with van der Waals surface area (Å²) in [6.07, 6.45) is 1.23. The fourth-order valence-corrected chi connectivity index (χ4v) is 1.85. The van der Waals surface area contributed by atoms with Crippen LogP contribution in [0.4, 0.5) is 0 Å². The van der Waals surface area contributed by atoms with Gasteiger partial charge in [0.1, 0.15) is 0 Å². The predicted molar refractivity (Wildman–Crippen MR) is 73.5 cm³/mol. The number of hydrogen-bond donors (Lipinski definition) is 1. The average Bonchev–Trinajstić information content (AvgIpc) is 3.00. The van der Waals surface area contributed by atoms with Crippen LogP contribution in [-0.2, 0) is 4.79 Å². The maximum atomic E-state index is 12.2. The van der Waals surface area contributed by atoms with Crippen molar-refractivity contribution in [1.82, 2.24) is 15.1 Å². The first-order valence-electron chi connectivity index (χ1n) is 6.34. The van der Waals surface area contributed by atoms with Gasteiger partial charge in [-0.05, 0) is 24.3 Å². The van der Waals surface area contributed by atoms with Crippen molar-refractivity contribution >= 4 is 11.9 Å². The van der Waals surface area contributed by atoms with Crippen LogP contribution in [0.3, 0.4) is 0 Å². The van der Waals surface area contributed by atoms with Gasteiger partial charge >= 0.3 is 5.97 Å². The summed E-state index contributed by atoms with van der Waals surface area (Å²) in [6, 6.07) is 6.69. The molecule has 110 valence electrons. The van der Waals surface area contributed by atoms with Gasteiger partial charge in [0.15, 0.2) is 0 Å². The van der Waals surface area contributed by atoms with E-state index in [1.54, 1.807) is 38.2 Å². The van der Waals surface area contributed by atoms with Gasteiger partial charge < -0.3 is 14.4 Å². The number of benzene rings is 1. The van der Waals surface area contributed by atoms with Crippen molar-refractivity contribution in [2.45, 2.75) is 6.92 Å². The van der Waals surface area contributed by atoms with E-state index in [4.69, 9.17) is 9.52 Å². The molecule has 0 fully saturated rings. The van der Waals surface area contributed by atoms with Gasteiger partial charge in [0.05, 0.1) is 5.92 Å². The molecule has 1 unspecified atom stereocenters. The van der Waals surface area contributed by atoms with Crippen LogP contribution in [0.5, 0.6) is 0 Å². The number of carbonyl (C=O) groups excluding carboxylic acids is 1. The molecule has 0 aliphatic carbocycles. The molecule has 1 aromatic heterocycles. The number of carbonyl (C=O) groups is 2. The van der Waals surface area contributed by atoms with Crippen molar-refractivity contribution in [3.8, 4) is 11.5 Å². The van der Waals surface area contributed by atoms with E-state index in [-0.39, 0.29) is 12.5 Å². The van der Waals surface area contributed by atoms with Crippen molar-refractivity contribution in [2.75, 3.05) is 13.6 Å². The van der Waals surface area contributed by atoms with Crippen LogP contribution < -0.4 is 0 Å². The fraction of sp³-hybridized carbons (Fsp3) is 0.286. The summed E-state index contributed by atoms with van der Waals surface area (Å²) < 4.78 is 5.06. The lowest BCUT2D eigenvalue weighted by molar-refractivity contribution is -0.141. The molecule has 2 rings (SSSR count). The maximum absolute atomic E-state index is 12.2. The first kappa shape index (κ1) is 14.7. The third kappa shape index (κ3) is 3.44. The Balaban J connectivity index is 2.07. The molecule has 1 heterocycles. The van der Waals surface area contributed by atoms with Crippen molar-refractivity contribution in [3.63, 3.8) is 0 Å². The second-order valence-electron chi connectivity index (χ2n) is 4.75. The molecule has 0 saturated carbocycles. The molecular formula is C14H15N3O4. The predicted octanol–water partition coefficient (Wildman–Crippen LogP) is 1.53. The summed E-state index contributed by atoms with van der Waals surface area (Å²) in [4.78, 5) is 24.4. The van der Waals surface area contributed by atoms with Gasteiger partial charge in [0.25, 0.3) is 5.91 Å². The quantitative estimate of drug-likeness (QED) is 0.896. The summed E-state index contributed by atoms with van der Waals surface area (Å²) in [5, 5.41) is 16.2. The van der Waals surface area contributed by atoms with Crippen LogP contribution in [0, 0.1) is 5.92 Å². The highest BCUT2D eigenvalue weighted by atomic mass is 16.4. The third-order valence-corrected chi connectivity index (χ3v) is 3.05. The molecule has 21 heavy (non-hydrogen) atoms. The summed E-state index contributed by atoms with van der Waals surface area (Å²) in [7, 11) is 1.58. The third-order valence-electron chi connectivity index (χ3n) is 3.05. The summed E-state index contributed by atoms with van der Waals surface area (Å²) >= 11 is 0. The Bertz CT molecular complexity index is 622. The van der Waals surface area contributed by atoms with Crippen LogP contribution in [0.1, 0.15) is 17.3 Å². The molecule has 1 N–H and O–H groups in total. The molecule has 0 aliphatic heterocycles. The van der Waals surface area contributed by atoms with E-state index in [1.807, 2.05) is 0 Å². The van der Waals surface area contributed by atoms with Gasteiger partial charge in [-0.25, -0.2) is 0 Å². The fourth-order valence-electron chi connectivity index (χ4n) is 1.85. The summed E-state index contributed by atoms with van der Waals surface area (Å²) in [5.74, 6) is -1.40. The molecule has 7 heteroatoms. The topological polar surface area (TPSA) is 96.5 Å². The Morgan fingerprint density at radius 3 is 2.52 bits per heavy atom. The van der Waals surface area contributed by atoms with E-state index < -0.39 is 11.9 Å². The summed E-state index contributed by atoms with van der Waals surface area (Å²) in [6.45, 7) is 1.71. The Labute approximate surface area is 121 Å². The van der Waals surface area contributed by atoms with Crippen LogP contribution in [0.25, 0.3) is 11.5 Å². The highest BCUT2D eigenvalue weighted by Gasteiger charge is 2.18. The van der Waals surface area contributed by atoms with Crippen molar-refractivity contribution < 1.29 is 19.1 Å². The highest BCUT2D eigenvalue weighted by Crippen LogP contribution is 2.17. The summed E-state index contributed by atoms with van der Waals surface area (Å²) in [5.41, 5.74) is 1.18. The number of rotatable bonds is 5. The first-order valence-corrected chi connectivity index (χ1v) is 6.34. The van der Waals surface area contributed by atoms with Gasteiger partial charge in [-0.1, -0.05) is 6.92 Å². The minimum Gasteiger partial charge on any atom is -0.481 e. The Morgan fingerprint density at radius 2 is 2.00 bits per heavy atom. The lowest BCUT2D eigenvalue weighted by atomic mass is 10.1. The van der Waals surface area contributed by atoms with Crippen LogP contribution >= 0.6 is 0 Å². The van der Waals surface area contributed by atoms with Crippen LogP contribution in [0.2, 0.25) is 0 Å². The largest absolute Gasteiger partial charge is 0.481 e. The average molecular weight is 289 g/mol. The number of hydrogen-bond acceptors (Lipinski definition) is 5. The Kier molecular flexibility index (Phi) is 4.32. The van der Waals surface area contributed by atoms with E-state index in [9.17, 15) is 9.59 Å². The van der Waals surface area contributed by atoms with Crippen LogP contribution in [-0.4, -0.2) is 45.7 Å². The molecule has 0 bridgehead atoms. The maximum Gasteiger partial charge on any atom is 0.308 e. The molecule has 1 aromatic carbocycles. The zero-order chi connectivity index (χ0) is 15.4. The number of carboxylic acid groups (broad SMARTS) is 1. The number of carboxylic acids is 1. The van der Waals surface area contributed by atoms with Gasteiger partial charge in [-0.3, -0.25) is 9.59 Å². The van der Waals surface area contributed by atoms with E-state index in [0.717, 1.165) is 0 Å². The van der Waals surface area contributed by atoms with E-state index in [1.165, 1.54) is 11.3 Å². The van der Waals surface area contributed by atoms with E-state index >= 15 is 0 Å². The lowest BCUT2D eigenvalue weighted by Gasteiger charge is -2.19. The molecule has 7 nitrogen and oxygen atoms in total. The Hall–Kier alpha value is -2.70. The smallest absolute Gasteiger partial charge is 0.308 e. The molecular weight excluding hydrogens is 274 g/mol. The molecule has 0 aliphatic rings. The molecule has 0 radical (unpaired) electrons. The standard InChI is InChI=1S/C14H15N3O4/c1-9(14(19)20)7-17(2)13(18)11-5-3-10(4-6-11)12-16-15-8-21-12/h3-6,8-9H,7H2,1-2H3,(H,19,20). The zero-order valence-corrected chi connectivity index (χ0v) is 11.7. The molecule has 1 amide bonds. The highest BCUT2D eigenvalue weighted by molar-refractivity contribution is 5.94. The van der Waals surface area contributed by atoms with E-state index in [0.29, 0.717) is 17.0 Å². The van der Waals surface area contributed by atoms with Crippen molar-refractivity contribution in [2.24, 2.45) is 5.92 Å². The van der Waals surface area contributed by atoms with Gasteiger partial charge in [0.2, 0.25) is 12.3 Å². The minimum absolute atomic E-state index is 0.152. The molecule has 2 aromatic rings. The molecule has 0 saturated heterocycles. The Morgan fingerprint density at radius 1 is 1.33 bits per heavy atom. The molecule has 0 spiro atoms. The number of aromatic nitrogens is 2. The SMILES string of the molecule is CC(CN(C)C(=O)c1ccc(-c2nnco2)cc1)C(=O)O. The molecule has 1 atom stereocenters.